The maximum Gasteiger partial charge on any atom is 0.191 e. The predicted molar refractivity (Wildman–Crippen MR) is 77.0 cm³/mol. The number of rotatable bonds is 7. The van der Waals surface area contributed by atoms with Crippen molar-refractivity contribution in [2.45, 2.75) is 39.5 Å². The first-order valence-electron chi connectivity index (χ1n) is 7.14. The van der Waals surface area contributed by atoms with E-state index in [-0.39, 0.29) is 0 Å². The first kappa shape index (κ1) is 15.0. The van der Waals surface area contributed by atoms with Crippen LogP contribution in [0.25, 0.3) is 0 Å². The van der Waals surface area contributed by atoms with Crippen molar-refractivity contribution < 1.29 is 4.74 Å². The van der Waals surface area contributed by atoms with Crippen molar-refractivity contribution >= 4 is 5.96 Å². The minimum atomic E-state index is 0.778. The van der Waals surface area contributed by atoms with Crippen molar-refractivity contribution in [3.63, 3.8) is 0 Å². The van der Waals surface area contributed by atoms with Crippen LogP contribution in [-0.2, 0) is 4.74 Å². The molecule has 0 radical (unpaired) electrons. The van der Waals surface area contributed by atoms with Gasteiger partial charge < -0.3 is 15.4 Å². The highest BCUT2D eigenvalue weighted by atomic mass is 16.5. The molecule has 0 unspecified atom stereocenters. The van der Waals surface area contributed by atoms with Gasteiger partial charge in [-0.1, -0.05) is 25.0 Å². The Hall–Kier alpha value is -1.03. The summed E-state index contributed by atoms with van der Waals surface area (Å²) >= 11 is 0. The molecule has 0 aromatic rings. The molecule has 4 nitrogen and oxygen atoms in total. The molecule has 0 fully saturated rings. The molecule has 2 N–H and O–H groups in total. The van der Waals surface area contributed by atoms with Crippen molar-refractivity contribution in [2.75, 3.05) is 32.8 Å². The highest BCUT2D eigenvalue weighted by molar-refractivity contribution is 5.79. The molecule has 1 aliphatic heterocycles. The van der Waals surface area contributed by atoms with Gasteiger partial charge in [-0.05, 0) is 26.2 Å². The van der Waals surface area contributed by atoms with Crippen LogP contribution in [0.3, 0.4) is 0 Å². The van der Waals surface area contributed by atoms with E-state index in [1.165, 1.54) is 12.0 Å². The van der Waals surface area contributed by atoms with Gasteiger partial charge in [-0.25, -0.2) is 0 Å². The van der Waals surface area contributed by atoms with Crippen LogP contribution < -0.4 is 10.6 Å². The molecular weight excluding hydrogens is 226 g/mol. The SMILES string of the molecule is CCCCN=C(NCC)NCCC1=CCOCC1. The number of nitrogens with zero attached hydrogens (tertiary/aromatic N) is 1. The fourth-order valence-electron chi connectivity index (χ4n) is 1.82. The zero-order chi connectivity index (χ0) is 13.1. The van der Waals surface area contributed by atoms with E-state index in [2.05, 4.69) is 35.5 Å². The number of hydrogen-bond acceptors (Lipinski definition) is 2. The molecule has 0 aromatic heterocycles. The molecule has 0 bridgehead atoms. The second-order valence-electron chi connectivity index (χ2n) is 4.48. The van der Waals surface area contributed by atoms with Crippen LogP contribution >= 0.6 is 0 Å². The molecule has 104 valence electrons. The maximum absolute atomic E-state index is 5.30. The molecule has 1 aliphatic rings. The number of guanidine groups is 1. The third-order valence-corrected chi connectivity index (χ3v) is 2.92. The summed E-state index contributed by atoms with van der Waals surface area (Å²) in [7, 11) is 0. The first-order chi connectivity index (χ1) is 8.86. The maximum atomic E-state index is 5.30. The summed E-state index contributed by atoms with van der Waals surface area (Å²) in [5.41, 5.74) is 1.50. The van der Waals surface area contributed by atoms with Crippen LogP contribution in [0.15, 0.2) is 16.6 Å². The summed E-state index contributed by atoms with van der Waals surface area (Å²) in [6, 6.07) is 0. The quantitative estimate of drug-likeness (QED) is 0.316. The van der Waals surface area contributed by atoms with Gasteiger partial charge >= 0.3 is 0 Å². The number of ether oxygens (including phenoxy) is 1. The molecule has 0 saturated carbocycles. The summed E-state index contributed by atoms with van der Waals surface area (Å²) in [6.07, 6.45) is 6.70. The predicted octanol–water partition coefficient (Wildman–Crippen LogP) is 2.08. The van der Waals surface area contributed by atoms with Crippen molar-refractivity contribution in [1.29, 1.82) is 0 Å². The monoisotopic (exact) mass is 253 g/mol. The van der Waals surface area contributed by atoms with Gasteiger partial charge in [-0.15, -0.1) is 0 Å². The Labute approximate surface area is 111 Å². The Balaban J connectivity index is 2.23. The molecule has 1 rings (SSSR count). The Morgan fingerprint density at radius 3 is 2.94 bits per heavy atom. The van der Waals surface area contributed by atoms with Crippen LogP contribution in [0.5, 0.6) is 0 Å². The minimum absolute atomic E-state index is 0.778. The van der Waals surface area contributed by atoms with Gasteiger partial charge in [-0.3, -0.25) is 4.99 Å². The highest BCUT2D eigenvalue weighted by Crippen LogP contribution is 2.10. The molecule has 0 aliphatic carbocycles. The molecule has 0 amide bonds. The van der Waals surface area contributed by atoms with Gasteiger partial charge in [0.25, 0.3) is 0 Å². The molecule has 18 heavy (non-hydrogen) atoms. The molecule has 0 aromatic carbocycles. The Kier molecular flexibility index (Phi) is 8.30. The van der Waals surface area contributed by atoms with Crippen molar-refractivity contribution in [2.24, 2.45) is 4.99 Å². The minimum Gasteiger partial charge on any atom is -0.377 e. The standard InChI is InChI=1S/C14H27N3O/c1-3-5-9-16-14(15-4-2)17-10-6-13-7-11-18-12-8-13/h7H,3-6,8-12H2,1-2H3,(H2,15,16,17). The van der Waals surface area contributed by atoms with Crippen LogP contribution in [0, 0.1) is 0 Å². The summed E-state index contributed by atoms with van der Waals surface area (Å²) in [5, 5.41) is 6.66. The van der Waals surface area contributed by atoms with Gasteiger partial charge in [0.05, 0.1) is 13.2 Å². The molecule has 1 heterocycles. The van der Waals surface area contributed by atoms with Gasteiger partial charge in [0.1, 0.15) is 0 Å². The van der Waals surface area contributed by atoms with Gasteiger partial charge in [0.15, 0.2) is 5.96 Å². The zero-order valence-corrected chi connectivity index (χ0v) is 11.8. The highest BCUT2D eigenvalue weighted by Gasteiger charge is 2.03. The molecule has 0 spiro atoms. The average molecular weight is 253 g/mol. The summed E-state index contributed by atoms with van der Waals surface area (Å²) in [6.45, 7) is 8.70. The number of aliphatic imine (C=N–C) groups is 1. The second-order valence-corrected chi connectivity index (χ2v) is 4.48. The van der Waals surface area contributed by atoms with E-state index in [1.54, 1.807) is 0 Å². The van der Waals surface area contributed by atoms with Crippen molar-refractivity contribution in [3.8, 4) is 0 Å². The fraction of sp³-hybridized carbons (Fsp3) is 0.786. The summed E-state index contributed by atoms with van der Waals surface area (Å²) < 4.78 is 5.30. The largest absolute Gasteiger partial charge is 0.377 e. The summed E-state index contributed by atoms with van der Waals surface area (Å²) in [5.74, 6) is 0.943. The first-order valence-corrected chi connectivity index (χ1v) is 7.14. The Morgan fingerprint density at radius 2 is 2.28 bits per heavy atom. The van der Waals surface area contributed by atoms with Crippen molar-refractivity contribution in [1.82, 2.24) is 10.6 Å². The van der Waals surface area contributed by atoms with Crippen LogP contribution in [0.2, 0.25) is 0 Å². The Morgan fingerprint density at radius 1 is 1.39 bits per heavy atom. The lowest BCUT2D eigenvalue weighted by Gasteiger charge is -2.15. The third kappa shape index (κ3) is 6.64. The van der Waals surface area contributed by atoms with Gasteiger partial charge in [0, 0.05) is 19.6 Å². The summed E-state index contributed by atoms with van der Waals surface area (Å²) in [4.78, 5) is 4.54. The fourth-order valence-corrected chi connectivity index (χ4v) is 1.82. The van der Waals surface area contributed by atoms with E-state index in [1.807, 2.05) is 0 Å². The van der Waals surface area contributed by atoms with Crippen LogP contribution in [0.1, 0.15) is 39.5 Å². The number of nitrogens with one attached hydrogen (secondary N) is 2. The van der Waals surface area contributed by atoms with E-state index in [4.69, 9.17) is 4.74 Å². The Bertz CT molecular complexity index is 274. The zero-order valence-electron chi connectivity index (χ0n) is 11.8. The lowest BCUT2D eigenvalue weighted by Crippen LogP contribution is -2.38. The normalized spacial score (nSPS) is 16.3. The van der Waals surface area contributed by atoms with Crippen LogP contribution in [-0.4, -0.2) is 38.8 Å². The molecule has 4 heteroatoms. The second kappa shape index (κ2) is 9.95. The lowest BCUT2D eigenvalue weighted by molar-refractivity contribution is 0.153. The third-order valence-electron chi connectivity index (χ3n) is 2.92. The molecular formula is C14H27N3O. The topological polar surface area (TPSA) is 45.7 Å². The molecule has 0 saturated heterocycles. The van der Waals surface area contributed by atoms with Gasteiger partial charge in [0.2, 0.25) is 0 Å². The number of hydrogen-bond donors (Lipinski definition) is 2. The van der Waals surface area contributed by atoms with Crippen molar-refractivity contribution in [3.05, 3.63) is 11.6 Å². The van der Waals surface area contributed by atoms with E-state index in [0.29, 0.717) is 0 Å². The molecule has 0 atom stereocenters. The van der Waals surface area contributed by atoms with E-state index in [0.717, 1.165) is 58.1 Å². The van der Waals surface area contributed by atoms with E-state index >= 15 is 0 Å². The van der Waals surface area contributed by atoms with E-state index < -0.39 is 0 Å². The lowest BCUT2D eigenvalue weighted by atomic mass is 10.1. The van der Waals surface area contributed by atoms with E-state index in [9.17, 15) is 0 Å². The van der Waals surface area contributed by atoms with Gasteiger partial charge in [-0.2, -0.15) is 0 Å². The van der Waals surface area contributed by atoms with Crippen LogP contribution in [0.4, 0.5) is 0 Å². The average Bonchev–Trinajstić information content (AvgIpc) is 2.40. The number of unbranched alkanes of at least 4 members (excludes halogenated alkanes) is 1. The smallest absolute Gasteiger partial charge is 0.191 e.